The molecule has 0 aromatic rings. The van der Waals surface area contributed by atoms with Crippen molar-refractivity contribution in [3.8, 4) is 0 Å². The Morgan fingerprint density at radius 1 is 0.648 bits per heavy atom. The molecule has 0 spiro atoms. The van der Waals surface area contributed by atoms with E-state index >= 15 is 0 Å². The van der Waals surface area contributed by atoms with Crippen molar-refractivity contribution in [2.24, 2.45) is 56.7 Å². The number of esters is 1. The van der Waals surface area contributed by atoms with Crippen molar-refractivity contribution in [2.45, 2.75) is 162 Å². The van der Waals surface area contributed by atoms with Crippen molar-refractivity contribution in [1.82, 2.24) is 0 Å². The van der Waals surface area contributed by atoms with E-state index < -0.39 is 28.0 Å². The Labute approximate surface area is 322 Å². The van der Waals surface area contributed by atoms with Crippen molar-refractivity contribution in [3.63, 3.8) is 0 Å². The number of aliphatic hydroxyl groups is 1. The lowest BCUT2D eigenvalue weighted by Crippen LogP contribution is -2.62. The van der Waals surface area contributed by atoms with Gasteiger partial charge in [0.15, 0.2) is 23.0 Å². The SMILES string of the molecule is CCC(=O)O[C@]1(C(=O)COCC(=O)[C@@]2(O)CC[C@H]3[C@@H]4CCC5=CC(=O)CC[C@]5(C)[C@H]4CC[C@@]32C)CC[C@H]2[C@@H]3CCC4=CC(=O)CC[C@]4(C)[C@@]3(C)CC[C@@]21C. The third-order valence-corrected chi connectivity index (χ3v) is 19.0. The van der Waals surface area contributed by atoms with Crippen LogP contribution in [0.25, 0.3) is 0 Å². The second-order valence-electron chi connectivity index (χ2n) is 20.4. The molecular formula is C46H64O8. The molecular weight excluding hydrogens is 680 g/mol. The van der Waals surface area contributed by atoms with E-state index in [4.69, 9.17) is 9.47 Å². The summed E-state index contributed by atoms with van der Waals surface area (Å²) in [5.74, 6) is 1.04. The van der Waals surface area contributed by atoms with Crippen LogP contribution in [0.5, 0.6) is 0 Å². The Bertz CT molecular complexity index is 1730. The van der Waals surface area contributed by atoms with Crippen LogP contribution in [0.4, 0.5) is 0 Å². The second kappa shape index (κ2) is 12.8. The van der Waals surface area contributed by atoms with Gasteiger partial charge in [0.05, 0.1) is 0 Å². The number of allylic oxidation sites excluding steroid dienone is 2. The Morgan fingerprint density at radius 3 is 2.00 bits per heavy atom. The van der Waals surface area contributed by atoms with Crippen LogP contribution >= 0.6 is 0 Å². The zero-order chi connectivity index (χ0) is 38.7. The van der Waals surface area contributed by atoms with E-state index in [-0.39, 0.29) is 70.8 Å². The number of hydrogen-bond acceptors (Lipinski definition) is 8. The second-order valence-corrected chi connectivity index (χ2v) is 20.4. The summed E-state index contributed by atoms with van der Waals surface area (Å²) < 4.78 is 12.4. The quantitative estimate of drug-likeness (QED) is 0.248. The Balaban J connectivity index is 0.975. The highest BCUT2D eigenvalue weighted by Crippen LogP contribution is 2.73. The van der Waals surface area contributed by atoms with Crippen LogP contribution in [0.2, 0.25) is 0 Å². The molecule has 12 atom stereocenters. The normalized spacial score (nSPS) is 47.9. The lowest BCUT2D eigenvalue weighted by Gasteiger charge is -2.65. The summed E-state index contributed by atoms with van der Waals surface area (Å²) in [5, 5.41) is 12.3. The van der Waals surface area contributed by atoms with Crippen LogP contribution in [-0.2, 0) is 33.4 Å². The third-order valence-electron chi connectivity index (χ3n) is 19.0. The molecule has 8 aliphatic carbocycles. The van der Waals surface area contributed by atoms with Gasteiger partial charge in [-0.05, 0) is 148 Å². The van der Waals surface area contributed by atoms with E-state index in [9.17, 15) is 29.1 Å². The molecule has 8 heteroatoms. The summed E-state index contributed by atoms with van der Waals surface area (Å²) in [6.07, 6.45) is 16.4. The zero-order valence-corrected chi connectivity index (χ0v) is 33.8. The maximum atomic E-state index is 14.6. The minimum atomic E-state index is -1.52. The van der Waals surface area contributed by atoms with E-state index in [1.807, 2.05) is 12.2 Å². The molecule has 8 rings (SSSR count). The predicted molar refractivity (Wildman–Crippen MR) is 203 cm³/mol. The van der Waals surface area contributed by atoms with Gasteiger partial charge in [0.1, 0.15) is 18.8 Å². The molecule has 0 radical (unpaired) electrons. The molecule has 0 bridgehead atoms. The van der Waals surface area contributed by atoms with Gasteiger partial charge in [0.2, 0.25) is 5.78 Å². The molecule has 1 N–H and O–H groups in total. The summed E-state index contributed by atoms with van der Waals surface area (Å²) >= 11 is 0. The molecule has 0 aliphatic heterocycles. The van der Waals surface area contributed by atoms with E-state index in [1.54, 1.807) is 6.92 Å². The Morgan fingerprint density at radius 2 is 1.26 bits per heavy atom. The van der Waals surface area contributed by atoms with Gasteiger partial charge < -0.3 is 14.6 Å². The van der Waals surface area contributed by atoms with E-state index in [2.05, 4.69) is 34.6 Å². The van der Waals surface area contributed by atoms with E-state index in [1.165, 1.54) is 11.1 Å². The van der Waals surface area contributed by atoms with Crippen molar-refractivity contribution in [3.05, 3.63) is 23.3 Å². The zero-order valence-electron chi connectivity index (χ0n) is 33.8. The molecule has 8 nitrogen and oxygen atoms in total. The number of carbonyl (C=O) groups is 5. The Kier molecular flexibility index (Phi) is 9.09. The van der Waals surface area contributed by atoms with Gasteiger partial charge in [-0.3, -0.25) is 24.0 Å². The molecule has 0 amide bonds. The first-order chi connectivity index (χ1) is 25.4. The largest absolute Gasteiger partial charge is 0.450 e. The maximum absolute atomic E-state index is 14.6. The molecule has 6 saturated carbocycles. The summed E-state index contributed by atoms with van der Waals surface area (Å²) in [7, 11) is 0. The van der Waals surface area contributed by atoms with Crippen molar-refractivity contribution in [2.75, 3.05) is 13.2 Å². The van der Waals surface area contributed by atoms with Gasteiger partial charge in [-0.25, -0.2) is 0 Å². The smallest absolute Gasteiger partial charge is 0.306 e. The number of Topliss-reactive ketones (excluding diaryl/α,β-unsaturated/α-hetero) is 2. The van der Waals surface area contributed by atoms with Crippen LogP contribution < -0.4 is 0 Å². The topological polar surface area (TPSA) is 124 Å². The molecule has 8 aliphatic rings. The summed E-state index contributed by atoms with van der Waals surface area (Å²) in [6.45, 7) is 12.4. The van der Waals surface area contributed by atoms with Gasteiger partial charge >= 0.3 is 5.97 Å². The maximum Gasteiger partial charge on any atom is 0.306 e. The fraction of sp³-hybridized carbons (Fsp3) is 0.804. The third kappa shape index (κ3) is 5.02. The first kappa shape index (κ1) is 38.4. The highest BCUT2D eigenvalue weighted by molar-refractivity contribution is 5.94. The van der Waals surface area contributed by atoms with Crippen LogP contribution in [0.15, 0.2) is 23.3 Å². The number of carbonyl (C=O) groups excluding carboxylic acids is 5. The van der Waals surface area contributed by atoms with Gasteiger partial charge in [-0.15, -0.1) is 0 Å². The van der Waals surface area contributed by atoms with Crippen molar-refractivity contribution in [1.29, 1.82) is 0 Å². The van der Waals surface area contributed by atoms with Crippen LogP contribution in [0.3, 0.4) is 0 Å². The fourth-order valence-electron chi connectivity index (χ4n) is 15.4. The molecule has 0 aromatic heterocycles. The van der Waals surface area contributed by atoms with Crippen molar-refractivity contribution < 1.29 is 38.6 Å². The average molecular weight is 745 g/mol. The number of hydrogen-bond donors (Lipinski definition) is 1. The first-order valence-electron chi connectivity index (χ1n) is 21.5. The molecule has 296 valence electrons. The number of ketones is 4. The Hall–Kier alpha value is -2.45. The fourth-order valence-corrected chi connectivity index (χ4v) is 15.4. The molecule has 0 aromatic carbocycles. The monoisotopic (exact) mass is 744 g/mol. The van der Waals surface area contributed by atoms with Crippen LogP contribution in [0.1, 0.15) is 151 Å². The van der Waals surface area contributed by atoms with E-state index in [0.717, 1.165) is 77.0 Å². The van der Waals surface area contributed by atoms with Gasteiger partial charge in [-0.1, -0.05) is 52.7 Å². The van der Waals surface area contributed by atoms with E-state index in [0.29, 0.717) is 43.4 Å². The van der Waals surface area contributed by atoms with Gasteiger partial charge in [0.25, 0.3) is 0 Å². The molecule has 0 unspecified atom stereocenters. The minimum Gasteiger partial charge on any atom is -0.450 e. The standard InChI is InChI=1S/C46H64O8/c1-7-39(51)54-46(21-16-36-35-11-9-29-25-31(48)13-18-41(29,3)42(35,4)22-23-44(36,46)6)38(50)27-53-26-37(49)45(52)20-15-34-32-10-8-28-24-30(47)12-17-40(28,2)33(32)14-19-43(34,45)5/h24-25,32-36,52H,7-23,26-27H2,1-6H3/t32-,33+,34+,35+,36+,40+,41+,42+,43+,44+,45+,46+/m1/s1. The molecule has 6 fully saturated rings. The number of fused-ring (bicyclic) bond motifs is 10. The average Bonchev–Trinajstić information content (AvgIpc) is 3.59. The van der Waals surface area contributed by atoms with Crippen LogP contribution in [0, 0.1) is 56.7 Å². The lowest BCUT2D eigenvalue weighted by molar-refractivity contribution is -0.199. The van der Waals surface area contributed by atoms with Crippen LogP contribution in [-0.4, -0.2) is 58.6 Å². The minimum absolute atomic E-state index is 0.0155. The lowest BCUT2D eigenvalue weighted by atomic mass is 9.40. The highest BCUT2D eigenvalue weighted by Gasteiger charge is 2.71. The molecule has 54 heavy (non-hydrogen) atoms. The van der Waals surface area contributed by atoms with Gasteiger partial charge in [-0.2, -0.15) is 0 Å². The molecule has 0 saturated heterocycles. The summed E-state index contributed by atoms with van der Waals surface area (Å²) in [4.78, 5) is 66.6. The van der Waals surface area contributed by atoms with Gasteiger partial charge in [0, 0.05) is 30.1 Å². The summed E-state index contributed by atoms with van der Waals surface area (Å²) in [6, 6.07) is 0. The van der Waals surface area contributed by atoms with Crippen molar-refractivity contribution >= 4 is 29.1 Å². The first-order valence-corrected chi connectivity index (χ1v) is 21.5. The predicted octanol–water partition coefficient (Wildman–Crippen LogP) is 8.02. The number of ether oxygens (including phenoxy) is 2. The highest BCUT2D eigenvalue weighted by atomic mass is 16.6. The number of rotatable bonds is 8. The molecule has 0 heterocycles. The summed E-state index contributed by atoms with van der Waals surface area (Å²) in [5.41, 5.74) is -1.48.